The van der Waals surface area contributed by atoms with Crippen LogP contribution >= 0.6 is 23.8 Å². The smallest absolute Gasteiger partial charge is 0.262 e. The molecule has 0 unspecified atom stereocenters. The molecule has 3 aromatic rings. The van der Waals surface area contributed by atoms with Crippen molar-refractivity contribution in [3.63, 3.8) is 0 Å². The van der Waals surface area contributed by atoms with Crippen molar-refractivity contribution in [1.29, 1.82) is 0 Å². The van der Waals surface area contributed by atoms with Crippen LogP contribution in [0, 0.1) is 11.7 Å². The highest BCUT2D eigenvalue weighted by molar-refractivity contribution is 7.71. The first-order valence-corrected chi connectivity index (χ1v) is 12.0. The Hall–Kier alpha value is -3.04. The SMILES string of the molecule is Cc1ccc(Cl)cc1N1CCN(C(=O)CCCn2c(=S)[nH]c3cc4c(cc3c2=O)OCO4)CC1. The molecule has 1 amide bonds. The summed E-state index contributed by atoms with van der Waals surface area (Å²) in [5, 5.41) is 1.20. The molecule has 178 valence electrons. The zero-order valence-electron chi connectivity index (χ0n) is 18.8. The average Bonchev–Trinajstić information content (AvgIpc) is 3.29. The van der Waals surface area contributed by atoms with E-state index in [2.05, 4.69) is 16.8 Å². The molecule has 0 atom stereocenters. The number of ether oxygens (including phenoxy) is 2. The summed E-state index contributed by atoms with van der Waals surface area (Å²) in [4.78, 5) is 33.1. The van der Waals surface area contributed by atoms with Crippen molar-refractivity contribution < 1.29 is 14.3 Å². The highest BCUT2D eigenvalue weighted by Gasteiger charge is 2.22. The van der Waals surface area contributed by atoms with Crippen LogP contribution in [0.3, 0.4) is 0 Å². The van der Waals surface area contributed by atoms with Gasteiger partial charge in [0.15, 0.2) is 16.3 Å². The Kier molecular flexibility index (Phi) is 6.22. The van der Waals surface area contributed by atoms with Crippen LogP contribution in [0.2, 0.25) is 5.02 Å². The zero-order chi connectivity index (χ0) is 23.8. The Morgan fingerprint density at radius 3 is 2.62 bits per heavy atom. The molecular formula is C24H25ClN4O4S. The van der Waals surface area contributed by atoms with Gasteiger partial charge in [-0.3, -0.25) is 14.2 Å². The van der Waals surface area contributed by atoms with Crippen molar-refractivity contribution in [2.75, 3.05) is 37.9 Å². The van der Waals surface area contributed by atoms with E-state index < -0.39 is 0 Å². The van der Waals surface area contributed by atoms with E-state index in [1.807, 2.05) is 23.1 Å². The number of aromatic nitrogens is 2. The zero-order valence-corrected chi connectivity index (χ0v) is 20.4. The van der Waals surface area contributed by atoms with Crippen molar-refractivity contribution in [3.8, 4) is 11.5 Å². The molecular weight excluding hydrogens is 476 g/mol. The summed E-state index contributed by atoms with van der Waals surface area (Å²) in [6.45, 7) is 5.41. The third-order valence-corrected chi connectivity index (χ3v) is 6.95. The van der Waals surface area contributed by atoms with E-state index in [0.29, 0.717) is 64.7 Å². The van der Waals surface area contributed by atoms with Crippen molar-refractivity contribution >= 4 is 46.3 Å². The van der Waals surface area contributed by atoms with Crippen molar-refractivity contribution in [2.24, 2.45) is 0 Å². The number of nitrogens with zero attached hydrogens (tertiary/aromatic N) is 3. The highest BCUT2D eigenvalue weighted by atomic mass is 35.5. The molecule has 8 nitrogen and oxygen atoms in total. The van der Waals surface area contributed by atoms with Gasteiger partial charge in [0, 0.05) is 55.9 Å². The highest BCUT2D eigenvalue weighted by Crippen LogP contribution is 2.34. The van der Waals surface area contributed by atoms with Crippen LogP contribution < -0.4 is 19.9 Å². The van der Waals surface area contributed by atoms with Crippen LogP contribution in [-0.2, 0) is 11.3 Å². The summed E-state index contributed by atoms with van der Waals surface area (Å²) < 4.78 is 12.6. The molecule has 5 rings (SSSR count). The minimum absolute atomic E-state index is 0.0922. The first-order valence-electron chi connectivity index (χ1n) is 11.3. The van der Waals surface area contributed by atoms with Gasteiger partial charge in [-0.15, -0.1) is 0 Å². The number of carbonyl (C=O) groups is 1. The fourth-order valence-electron chi connectivity index (χ4n) is 4.51. The minimum atomic E-state index is -0.199. The molecule has 1 N–H and O–H groups in total. The Bertz CT molecular complexity index is 1380. The fraction of sp³-hybridized carbons (Fsp3) is 0.375. The lowest BCUT2D eigenvalue weighted by atomic mass is 10.1. The van der Waals surface area contributed by atoms with Crippen molar-refractivity contribution in [1.82, 2.24) is 14.5 Å². The van der Waals surface area contributed by atoms with E-state index in [-0.39, 0.29) is 18.3 Å². The van der Waals surface area contributed by atoms with Gasteiger partial charge in [0.05, 0.1) is 10.9 Å². The average molecular weight is 501 g/mol. The molecule has 3 heterocycles. The van der Waals surface area contributed by atoms with Crippen LogP contribution in [0.4, 0.5) is 5.69 Å². The Labute approximate surface area is 206 Å². The number of aromatic amines is 1. The van der Waals surface area contributed by atoms with Gasteiger partial charge in [-0.05, 0) is 49.3 Å². The first kappa shape index (κ1) is 22.7. The molecule has 2 aliphatic heterocycles. The first-order chi connectivity index (χ1) is 16.4. The summed E-state index contributed by atoms with van der Waals surface area (Å²) in [5.74, 6) is 1.23. The maximum Gasteiger partial charge on any atom is 0.262 e. The van der Waals surface area contributed by atoms with E-state index in [9.17, 15) is 9.59 Å². The normalized spacial score (nSPS) is 15.2. The predicted molar refractivity (Wildman–Crippen MR) is 134 cm³/mol. The molecule has 0 radical (unpaired) electrons. The molecule has 1 fully saturated rings. The number of H-pyrrole nitrogens is 1. The number of rotatable bonds is 5. The molecule has 2 aliphatic rings. The number of aryl methyl sites for hydroxylation is 1. The predicted octanol–water partition coefficient (Wildman–Crippen LogP) is 3.88. The van der Waals surface area contributed by atoms with E-state index in [1.165, 1.54) is 10.1 Å². The van der Waals surface area contributed by atoms with Gasteiger partial charge in [-0.25, -0.2) is 0 Å². The summed E-state index contributed by atoms with van der Waals surface area (Å²) in [7, 11) is 0. The van der Waals surface area contributed by atoms with Crippen LogP contribution in [0.15, 0.2) is 35.1 Å². The summed E-state index contributed by atoms with van der Waals surface area (Å²) in [6.07, 6.45) is 0.885. The van der Waals surface area contributed by atoms with Gasteiger partial charge in [0.2, 0.25) is 12.7 Å². The van der Waals surface area contributed by atoms with E-state index in [0.717, 1.165) is 18.8 Å². The molecule has 0 spiro atoms. The van der Waals surface area contributed by atoms with Crippen LogP contribution in [0.1, 0.15) is 18.4 Å². The minimum Gasteiger partial charge on any atom is -0.454 e. The number of amides is 1. The molecule has 1 aromatic heterocycles. The molecule has 10 heteroatoms. The summed E-state index contributed by atoms with van der Waals surface area (Å²) >= 11 is 11.6. The number of nitrogens with one attached hydrogen (secondary N) is 1. The number of hydrogen-bond acceptors (Lipinski definition) is 6. The third-order valence-electron chi connectivity index (χ3n) is 6.39. The van der Waals surface area contributed by atoms with Gasteiger partial charge in [-0.1, -0.05) is 17.7 Å². The van der Waals surface area contributed by atoms with Crippen LogP contribution in [0.25, 0.3) is 10.9 Å². The standard InChI is InChI=1S/C24H25ClN4O4S/c1-15-4-5-16(25)11-19(15)27-7-9-28(10-8-27)22(30)3-2-6-29-23(31)17-12-20-21(33-14-32-20)13-18(17)26-24(29)34/h4-5,11-13H,2-3,6-10,14H2,1H3,(H,26,34). The number of benzene rings is 2. The maximum absolute atomic E-state index is 13.0. The topological polar surface area (TPSA) is 79.8 Å². The second-order valence-electron chi connectivity index (χ2n) is 8.54. The molecule has 0 saturated carbocycles. The van der Waals surface area contributed by atoms with Gasteiger partial charge >= 0.3 is 0 Å². The number of anilines is 1. The van der Waals surface area contributed by atoms with Crippen molar-refractivity contribution in [3.05, 3.63) is 56.0 Å². The van der Waals surface area contributed by atoms with Crippen LogP contribution in [0.5, 0.6) is 11.5 Å². The lowest BCUT2D eigenvalue weighted by Gasteiger charge is -2.37. The molecule has 2 aromatic carbocycles. The largest absolute Gasteiger partial charge is 0.454 e. The quantitative estimate of drug-likeness (QED) is 0.536. The Morgan fingerprint density at radius 2 is 1.85 bits per heavy atom. The lowest BCUT2D eigenvalue weighted by molar-refractivity contribution is -0.131. The van der Waals surface area contributed by atoms with E-state index in [1.54, 1.807) is 12.1 Å². The van der Waals surface area contributed by atoms with Crippen molar-refractivity contribution in [2.45, 2.75) is 26.3 Å². The second kappa shape index (κ2) is 9.31. The fourth-order valence-corrected chi connectivity index (χ4v) is 4.96. The van der Waals surface area contributed by atoms with Gasteiger partial charge in [-0.2, -0.15) is 0 Å². The third kappa shape index (κ3) is 4.37. The van der Waals surface area contributed by atoms with Gasteiger partial charge < -0.3 is 24.3 Å². The van der Waals surface area contributed by atoms with E-state index >= 15 is 0 Å². The Morgan fingerprint density at radius 1 is 1.12 bits per heavy atom. The van der Waals surface area contributed by atoms with Gasteiger partial charge in [0.25, 0.3) is 5.56 Å². The summed E-state index contributed by atoms with van der Waals surface area (Å²) in [5.41, 5.74) is 2.70. The number of piperazine rings is 1. The van der Waals surface area contributed by atoms with Crippen LogP contribution in [-0.4, -0.2) is 53.3 Å². The van der Waals surface area contributed by atoms with E-state index in [4.69, 9.17) is 33.3 Å². The lowest BCUT2D eigenvalue weighted by Crippen LogP contribution is -2.49. The molecule has 0 bridgehead atoms. The number of carbonyl (C=O) groups excluding carboxylic acids is 1. The monoisotopic (exact) mass is 500 g/mol. The Balaban J connectivity index is 1.20. The molecule has 34 heavy (non-hydrogen) atoms. The number of hydrogen-bond donors (Lipinski definition) is 1. The maximum atomic E-state index is 13.0. The second-order valence-corrected chi connectivity index (χ2v) is 9.36. The van der Waals surface area contributed by atoms with Gasteiger partial charge in [0.1, 0.15) is 0 Å². The molecule has 1 saturated heterocycles. The summed E-state index contributed by atoms with van der Waals surface area (Å²) in [6, 6.07) is 9.29. The number of fused-ring (bicyclic) bond motifs is 2. The number of halogens is 1. The molecule has 0 aliphatic carbocycles.